The largest absolute Gasteiger partial charge is 0.307 e. The van der Waals surface area contributed by atoms with Gasteiger partial charge in [-0.15, -0.1) is 22.7 Å². The van der Waals surface area contributed by atoms with Gasteiger partial charge in [0.15, 0.2) is 0 Å². The second kappa shape index (κ2) is 6.47. The van der Waals surface area contributed by atoms with Gasteiger partial charge in [-0.3, -0.25) is 4.79 Å². The molecule has 0 saturated carbocycles. The van der Waals surface area contributed by atoms with Crippen LogP contribution in [0.1, 0.15) is 9.88 Å². The quantitative estimate of drug-likeness (QED) is 0.736. The van der Waals surface area contributed by atoms with Gasteiger partial charge in [0, 0.05) is 28.6 Å². The summed E-state index contributed by atoms with van der Waals surface area (Å²) in [5.74, 6) is 0.482. The molecule has 106 valence electrons. The van der Waals surface area contributed by atoms with Crippen LogP contribution in [0.25, 0.3) is 6.08 Å². The molecule has 0 aliphatic heterocycles. The van der Waals surface area contributed by atoms with Crippen molar-refractivity contribution in [1.82, 2.24) is 14.8 Å². The van der Waals surface area contributed by atoms with Crippen molar-refractivity contribution in [3.63, 3.8) is 0 Å². The molecular weight excluding hydrogens is 304 g/mol. The SMILES string of the molecule is O=C(C=Cc1nccs1)Nc1ccnn1Cc1cccs1. The Morgan fingerprint density at radius 2 is 2.24 bits per heavy atom. The lowest BCUT2D eigenvalue weighted by Gasteiger charge is -2.06. The van der Waals surface area contributed by atoms with E-state index in [0.29, 0.717) is 12.4 Å². The number of thiophene rings is 1. The van der Waals surface area contributed by atoms with Gasteiger partial charge in [0.25, 0.3) is 0 Å². The monoisotopic (exact) mass is 316 g/mol. The van der Waals surface area contributed by atoms with Crippen LogP contribution in [0.4, 0.5) is 5.82 Å². The zero-order chi connectivity index (χ0) is 14.5. The lowest BCUT2D eigenvalue weighted by atomic mass is 10.4. The number of hydrogen-bond donors (Lipinski definition) is 1. The number of carbonyl (C=O) groups is 1. The number of rotatable bonds is 5. The van der Waals surface area contributed by atoms with E-state index < -0.39 is 0 Å². The lowest BCUT2D eigenvalue weighted by molar-refractivity contribution is -0.111. The average molecular weight is 316 g/mol. The summed E-state index contributed by atoms with van der Waals surface area (Å²) in [5, 5.41) is 11.7. The van der Waals surface area contributed by atoms with Crippen LogP contribution in [-0.4, -0.2) is 20.7 Å². The maximum absolute atomic E-state index is 11.9. The number of carbonyl (C=O) groups excluding carboxylic acids is 1. The van der Waals surface area contributed by atoms with E-state index in [1.165, 1.54) is 22.3 Å². The summed E-state index contributed by atoms with van der Waals surface area (Å²) < 4.78 is 1.76. The predicted octanol–water partition coefficient (Wildman–Crippen LogP) is 3.10. The van der Waals surface area contributed by atoms with Gasteiger partial charge < -0.3 is 5.32 Å². The number of amides is 1. The number of nitrogens with one attached hydrogen (secondary N) is 1. The van der Waals surface area contributed by atoms with Crippen molar-refractivity contribution < 1.29 is 4.79 Å². The number of aromatic nitrogens is 3. The van der Waals surface area contributed by atoms with E-state index in [4.69, 9.17) is 0 Å². The summed E-state index contributed by atoms with van der Waals surface area (Å²) in [6.45, 7) is 0.649. The van der Waals surface area contributed by atoms with Crippen LogP contribution in [0.5, 0.6) is 0 Å². The summed E-state index contributed by atoms with van der Waals surface area (Å²) in [6.07, 6.45) is 6.55. The lowest BCUT2D eigenvalue weighted by Crippen LogP contribution is -2.13. The maximum atomic E-state index is 11.9. The Labute approximate surface area is 129 Å². The molecule has 0 fully saturated rings. The van der Waals surface area contributed by atoms with Crippen LogP contribution in [0.3, 0.4) is 0 Å². The summed E-state index contributed by atoms with van der Waals surface area (Å²) in [4.78, 5) is 17.2. The van der Waals surface area contributed by atoms with E-state index in [1.54, 1.807) is 40.6 Å². The van der Waals surface area contributed by atoms with Crippen LogP contribution >= 0.6 is 22.7 Å². The molecule has 21 heavy (non-hydrogen) atoms. The van der Waals surface area contributed by atoms with Crippen molar-refractivity contribution in [3.8, 4) is 0 Å². The fourth-order valence-corrected chi connectivity index (χ4v) is 2.96. The molecule has 0 bridgehead atoms. The van der Waals surface area contributed by atoms with Crippen LogP contribution < -0.4 is 5.32 Å². The first-order valence-corrected chi connectivity index (χ1v) is 8.00. The number of thiazole rings is 1. The zero-order valence-corrected chi connectivity index (χ0v) is 12.6. The van der Waals surface area contributed by atoms with E-state index in [0.717, 1.165) is 5.01 Å². The van der Waals surface area contributed by atoms with Crippen LogP contribution in [-0.2, 0) is 11.3 Å². The molecule has 0 aliphatic carbocycles. The Balaban J connectivity index is 1.65. The van der Waals surface area contributed by atoms with E-state index in [9.17, 15) is 4.79 Å². The van der Waals surface area contributed by atoms with Gasteiger partial charge in [0.05, 0.1) is 12.7 Å². The highest BCUT2D eigenvalue weighted by molar-refractivity contribution is 7.10. The minimum Gasteiger partial charge on any atom is -0.307 e. The Bertz CT molecular complexity index is 729. The summed E-state index contributed by atoms with van der Waals surface area (Å²) in [7, 11) is 0. The van der Waals surface area contributed by atoms with Gasteiger partial charge in [-0.1, -0.05) is 6.07 Å². The maximum Gasteiger partial charge on any atom is 0.249 e. The van der Waals surface area contributed by atoms with Gasteiger partial charge in [0.1, 0.15) is 10.8 Å². The fraction of sp³-hybridized carbons (Fsp3) is 0.0714. The van der Waals surface area contributed by atoms with Crippen molar-refractivity contribution in [3.05, 3.63) is 57.3 Å². The Morgan fingerprint density at radius 3 is 3.00 bits per heavy atom. The highest BCUT2D eigenvalue weighted by atomic mass is 32.1. The first-order valence-electron chi connectivity index (χ1n) is 6.24. The van der Waals surface area contributed by atoms with Crippen molar-refractivity contribution in [1.29, 1.82) is 0 Å². The predicted molar refractivity (Wildman–Crippen MR) is 85.4 cm³/mol. The summed E-state index contributed by atoms with van der Waals surface area (Å²) in [6, 6.07) is 5.82. The minimum atomic E-state index is -0.196. The van der Waals surface area contributed by atoms with E-state index in [2.05, 4.69) is 15.4 Å². The molecule has 1 amide bonds. The van der Waals surface area contributed by atoms with Crippen LogP contribution in [0.15, 0.2) is 47.4 Å². The molecule has 3 aromatic rings. The van der Waals surface area contributed by atoms with Gasteiger partial charge in [-0.05, 0) is 17.5 Å². The highest BCUT2D eigenvalue weighted by Crippen LogP contribution is 2.14. The van der Waals surface area contributed by atoms with Gasteiger partial charge >= 0.3 is 0 Å². The molecule has 0 aromatic carbocycles. The molecule has 0 spiro atoms. The van der Waals surface area contributed by atoms with Gasteiger partial charge in [0.2, 0.25) is 5.91 Å². The molecular formula is C14H12N4OS2. The third kappa shape index (κ3) is 3.65. The normalized spacial score (nSPS) is 11.0. The molecule has 0 radical (unpaired) electrons. The molecule has 7 heteroatoms. The smallest absolute Gasteiger partial charge is 0.249 e. The number of nitrogens with zero attached hydrogens (tertiary/aromatic N) is 3. The molecule has 0 unspecified atom stereocenters. The van der Waals surface area contributed by atoms with Crippen LogP contribution in [0, 0.1) is 0 Å². The Kier molecular flexibility index (Phi) is 4.23. The third-order valence-corrected chi connectivity index (χ3v) is 4.28. The van der Waals surface area contributed by atoms with Crippen molar-refractivity contribution in [2.45, 2.75) is 6.54 Å². The van der Waals surface area contributed by atoms with E-state index in [1.807, 2.05) is 22.9 Å². The Morgan fingerprint density at radius 1 is 1.29 bits per heavy atom. The summed E-state index contributed by atoms with van der Waals surface area (Å²) >= 11 is 3.15. The van der Waals surface area contributed by atoms with Crippen LogP contribution in [0.2, 0.25) is 0 Å². The first-order chi connectivity index (χ1) is 10.3. The highest BCUT2D eigenvalue weighted by Gasteiger charge is 2.06. The second-order valence-electron chi connectivity index (χ2n) is 4.15. The molecule has 1 N–H and O–H groups in total. The standard InChI is InChI=1S/C14H12N4OS2/c19-13(3-4-14-15-7-9-21-14)17-12-5-6-16-18(12)10-11-2-1-8-20-11/h1-9H,10H2,(H,17,19). The molecule has 0 saturated heterocycles. The fourth-order valence-electron chi connectivity index (χ4n) is 1.75. The van der Waals surface area contributed by atoms with E-state index >= 15 is 0 Å². The molecule has 0 aliphatic rings. The van der Waals surface area contributed by atoms with Gasteiger partial charge in [-0.2, -0.15) is 5.10 Å². The molecule has 3 rings (SSSR count). The van der Waals surface area contributed by atoms with Gasteiger partial charge in [-0.25, -0.2) is 9.67 Å². The number of hydrogen-bond acceptors (Lipinski definition) is 5. The molecule has 3 heterocycles. The molecule has 3 aromatic heterocycles. The Hall–Kier alpha value is -2.25. The zero-order valence-electron chi connectivity index (χ0n) is 11.0. The minimum absolute atomic E-state index is 0.196. The first kappa shape index (κ1) is 13.7. The number of anilines is 1. The third-order valence-electron chi connectivity index (χ3n) is 2.68. The van der Waals surface area contributed by atoms with Crippen molar-refractivity contribution in [2.24, 2.45) is 0 Å². The topological polar surface area (TPSA) is 59.8 Å². The van der Waals surface area contributed by atoms with E-state index in [-0.39, 0.29) is 5.91 Å². The second-order valence-corrected chi connectivity index (χ2v) is 6.10. The van der Waals surface area contributed by atoms with Crippen molar-refractivity contribution in [2.75, 3.05) is 5.32 Å². The van der Waals surface area contributed by atoms with Crippen molar-refractivity contribution >= 4 is 40.5 Å². The molecule has 0 atom stereocenters. The molecule has 5 nitrogen and oxygen atoms in total. The summed E-state index contributed by atoms with van der Waals surface area (Å²) in [5.41, 5.74) is 0. The average Bonchev–Trinajstić information content (AvgIpc) is 3.20.